The molecule has 2 atom stereocenters. The first-order valence-corrected chi connectivity index (χ1v) is 7.45. The largest absolute Gasteiger partial charge is 0.383 e. The molecule has 0 bridgehead atoms. The fourth-order valence-electron chi connectivity index (χ4n) is 3.90. The van der Waals surface area contributed by atoms with Crippen LogP contribution in [0.25, 0.3) is 0 Å². The van der Waals surface area contributed by atoms with Gasteiger partial charge in [-0.05, 0) is 25.8 Å². The van der Waals surface area contributed by atoms with Crippen LogP contribution < -0.4 is 5.73 Å². The van der Waals surface area contributed by atoms with Crippen molar-refractivity contribution in [1.29, 1.82) is 0 Å². The van der Waals surface area contributed by atoms with Crippen LogP contribution in [0.3, 0.4) is 0 Å². The molecule has 0 aliphatic carbocycles. The van der Waals surface area contributed by atoms with Crippen molar-refractivity contribution in [1.82, 2.24) is 9.80 Å². The third-order valence-electron chi connectivity index (χ3n) is 4.93. The minimum atomic E-state index is 0.133. The van der Waals surface area contributed by atoms with Gasteiger partial charge in [-0.25, -0.2) is 0 Å². The molecule has 2 rings (SSSR count). The molecule has 0 aromatic rings. The lowest BCUT2D eigenvalue weighted by Crippen LogP contribution is -2.61. The highest BCUT2D eigenvalue weighted by molar-refractivity contribution is 5.09. The van der Waals surface area contributed by atoms with Crippen molar-refractivity contribution in [2.75, 3.05) is 60.2 Å². The van der Waals surface area contributed by atoms with E-state index in [2.05, 4.69) is 9.80 Å². The number of fused-ring (bicyclic) bond motifs is 1. The van der Waals surface area contributed by atoms with E-state index in [0.29, 0.717) is 6.04 Å². The molecule has 19 heavy (non-hydrogen) atoms. The van der Waals surface area contributed by atoms with Crippen LogP contribution in [0.15, 0.2) is 0 Å². The fourth-order valence-corrected chi connectivity index (χ4v) is 3.90. The molecule has 2 aliphatic rings. The van der Waals surface area contributed by atoms with Gasteiger partial charge in [0, 0.05) is 46.4 Å². The summed E-state index contributed by atoms with van der Waals surface area (Å²) in [6, 6.07) is 0.631. The highest BCUT2D eigenvalue weighted by Gasteiger charge is 2.51. The van der Waals surface area contributed by atoms with Gasteiger partial charge in [-0.1, -0.05) is 0 Å². The third kappa shape index (κ3) is 2.95. The second kappa shape index (κ2) is 6.99. The lowest BCUT2D eigenvalue weighted by Gasteiger charge is -2.44. The predicted molar refractivity (Wildman–Crippen MR) is 76.3 cm³/mol. The Morgan fingerprint density at radius 2 is 1.89 bits per heavy atom. The van der Waals surface area contributed by atoms with E-state index in [1.54, 1.807) is 14.2 Å². The van der Waals surface area contributed by atoms with Crippen molar-refractivity contribution in [3.63, 3.8) is 0 Å². The van der Waals surface area contributed by atoms with E-state index < -0.39 is 0 Å². The van der Waals surface area contributed by atoms with E-state index >= 15 is 0 Å². The monoisotopic (exact) mass is 271 g/mol. The Labute approximate surface area is 117 Å². The van der Waals surface area contributed by atoms with Gasteiger partial charge in [-0.2, -0.15) is 0 Å². The van der Waals surface area contributed by atoms with E-state index in [1.807, 2.05) is 0 Å². The molecule has 2 heterocycles. The molecule has 5 heteroatoms. The average molecular weight is 271 g/mol. The molecular weight excluding hydrogens is 242 g/mol. The molecule has 0 spiro atoms. The zero-order valence-corrected chi connectivity index (χ0v) is 12.4. The number of hydrogen-bond acceptors (Lipinski definition) is 5. The maximum absolute atomic E-state index is 6.22. The van der Waals surface area contributed by atoms with Gasteiger partial charge < -0.3 is 15.2 Å². The fraction of sp³-hybridized carbons (Fsp3) is 1.00. The Morgan fingerprint density at radius 1 is 1.21 bits per heavy atom. The van der Waals surface area contributed by atoms with Gasteiger partial charge in [0.05, 0.1) is 18.8 Å². The van der Waals surface area contributed by atoms with Gasteiger partial charge in [0.1, 0.15) is 0 Å². The standard InChI is InChI=1S/C14H29N3O2/c1-18-10-8-17(9-11-19-2)14(12-15)5-7-16-6-3-4-13(14)16/h13H,3-12,15H2,1-2H3. The highest BCUT2D eigenvalue weighted by Crippen LogP contribution is 2.39. The minimum Gasteiger partial charge on any atom is -0.383 e. The zero-order valence-electron chi connectivity index (χ0n) is 12.4. The molecule has 2 fully saturated rings. The summed E-state index contributed by atoms with van der Waals surface area (Å²) in [5.74, 6) is 0. The maximum atomic E-state index is 6.22. The highest BCUT2D eigenvalue weighted by atomic mass is 16.5. The van der Waals surface area contributed by atoms with Crippen LogP contribution in [-0.2, 0) is 9.47 Å². The van der Waals surface area contributed by atoms with Gasteiger partial charge in [0.2, 0.25) is 0 Å². The number of hydrogen-bond donors (Lipinski definition) is 1. The topological polar surface area (TPSA) is 51.0 Å². The van der Waals surface area contributed by atoms with Crippen molar-refractivity contribution < 1.29 is 9.47 Å². The molecule has 5 nitrogen and oxygen atoms in total. The van der Waals surface area contributed by atoms with Gasteiger partial charge in [0.25, 0.3) is 0 Å². The van der Waals surface area contributed by atoms with E-state index in [-0.39, 0.29) is 5.54 Å². The number of nitrogens with zero attached hydrogens (tertiary/aromatic N) is 2. The van der Waals surface area contributed by atoms with Gasteiger partial charge in [0.15, 0.2) is 0 Å². The van der Waals surface area contributed by atoms with Gasteiger partial charge >= 0.3 is 0 Å². The number of methoxy groups -OCH3 is 2. The number of ether oxygens (including phenoxy) is 2. The maximum Gasteiger partial charge on any atom is 0.0589 e. The first-order valence-electron chi connectivity index (χ1n) is 7.45. The first-order chi connectivity index (χ1) is 9.28. The van der Waals surface area contributed by atoms with Crippen molar-refractivity contribution >= 4 is 0 Å². The van der Waals surface area contributed by atoms with Crippen LogP contribution in [0, 0.1) is 0 Å². The molecule has 2 aliphatic heterocycles. The zero-order chi connectivity index (χ0) is 13.7. The van der Waals surface area contributed by atoms with Crippen LogP contribution in [0.5, 0.6) is 0 Å². The van der Waals surface area contributed by atoms with Crippen molar-refractivity contribution in [3.8, 4) is 0 Å². The van der Waals surface area contributed by atoms with E-state index in [9.17, 15) is 0 Å². The Hall–Kier alpha value is -0.200. The Balaban J connectivity index is 2.10. The predicted octanol–water partition coefficient (Wildman–Crippen LogP) is 0.147. The quantitative estimate of drug-likeness (QED) is 0.681. The summed E-state index contributed by atoms with van der Waals surface area (Å²) in [6.07, 6.45) is 3.78. The lowest BCUT2D eigenvalue weighted by molar-refractivity contribution is 0.0212. The molecule has 2 unspecified atom stereocenters. The number of nitrogens with two attached hydrogens (primary N) is 1. The summed E-state index contributed by atoms with van der Waals surface area (Å²) in [7, 11) is 3.53. The van der Waals surface area contributed by atoms with Gasteiger partial charge in [-0.3, -0.25) is 9.80 Å². The third-order valence-corrected chi connectivity index (χ3v) is 4.93. The molecule has 112 valence electrons. The second-order valence-electron chi connectivity index (χ2n) is 5.72. The summed E-state index contributed by atoms with van der Waals surface area (Å²) in [6.45, 7) is 6.59. The molecule has 2 N–H and O–H groups in total. The lowest BCUT2D eigenvalue weighted by atomic mass is 9.86. The minimum absolute atomic E-state index is 0.133. The molecule has 0 aromatic heterocycles. The molecule has 0 aromatic carbocycles. The molecule has 0 radical (unpaired) electrons. The summed E-state index contributed by atoms with van der Waals surface area (Å²) in [5.41, 5.74) is 6.35. The Morgan fingerprint density at radius 3 is 2.47 bits per heavy atom. The Kier molecular flexibility index (Phi) is 5.59. The van der Waals surface area contributed by atoms with Crippen LogP contribution >= 0.6 is 0 Å². The molecule has 2 saturated heterocycles. The summed E-state index contributed by atoms with van der Waals surface area (Å²) in [5, 5.41) is 0. The first kappa shape index (κ1) is 15.2. The summed E-state index contributed by atoms with van der Waals surface area (Å²) in [4.78, 5) is 5.15. The molecule has 0 saturated carbocycles. The average Bonchev–Trinajstić information content (AvgIpc) is 3.02. The van der Waals surface area contributed by atoms with E-state index in [4.69, 9.17) is 15.2 Å². The van der Waals surface area contributed by atoms with Gasteiger partial charge in [-0.15, -0.1) is 0 Å². The van der Waals surface area contributed by atoms with Crippen LogP contribution in [-0.4, -0.2) is 81.5 Å². The normalized spacial score (nSPS) is 31.3. The van der Waals surface area contributed by atoms with Crippen LogP contribution in [0.4, 0.5) is 0 Å². The van der Waals surface area contributed by atoms with E-state index in [1.165, 1.54) is 32.4 Å². The smallest absolute Gasteiger partial charge is 0.0589 e. The van der Waals surface area contributed by atoms with Crippen LogP contribution in [0.2, 0.25) is 0 Å². The van der Waals surface area contributed by atoms with E-state index in [0.717, 1.165) is 32.8 Å². The Bertz CT molecular complexity index is 269. The summed E-state index contributed by atoms with van der Waals surface area (Å²) >= 11 is 0. The van der Waals surface area contributed by atoms with Crippen molar-refractivity contribution in [2.45, 2.75) is 30.8 Å². The molecule has 0 amide bonds. The van der Waals surface area contributed by atoms with Crippen molar-refractivity contribution in [3.05, 3.63) is 0 Å². The van der Waals surface area contributed by atoms with Crippen molar-refractivity contribution in [2.24, 2.45) is 5.73 Å². The van der Waals surface area contributed by atoms with Crippen LogP contribution in [0.1, 0.15) is 19.3 Å². The number of rotatable bonds is 8. The second-order valence-corrected chi connectivity index (χ2v) is 5.72. The SMILES string of the molecule is COCCN(CCOC)C1(CN)CCN2CCCC21. The molecular formula is C14H29N3O2. The summed E-state index contributed by atoms with van der Waals surface area (Å²) < 4.78 is 10.6.